The minimum absolute atomic E-state index is 0.922. The summed E-state index contributed by atoms with van der Waals surface area (Å²) >= 11 is 2.31. The number of aryl methyl sites for hydroxylation is 1. The van der Waals surface area contributed by atoms with E-state index in [2.05, 4.69) is 66.5 Å². The molecule has 0 unspecified atom stereocenters. The number of halogens is 1. The maximum Gasteiger partial charge on any atom is 0.0275 e. The lowest BCUT2D eigenvalue weighted by Gasteiger charge is -1.97. The van der Waals surface area contributed by atoms with Crippen molar-refractivity contribution in [1.29, 1.82) is 0 Å². The molecule has 0 amide bonds. The summed E-state index contributed by atoms with van der Waals surface area (Å²) in [7, 11) is 0. The molecule has 0 heterocycles. The fourth-order valence-corrected chi connectivity index (χ4v) is 1.60. The van der Waals surface area contributed by atoms with E-state index in [1.807, 2.05) is 0 Å². The molecule has 0 saturated carbocycles. The van der Waals surface area contributed by atoms with Crippen molar-refractivity contribution in [3.8, 4) is 11.8 Å². The van der Waals surface area contributed by atoms with Crippen LogP contribution in [0.1, 0.15) is 24.5 Å². The summed E-state index contributed by atoms with van der Waals surface area (Å²) in [6.45, 7) is 4.16. The number of hydrogen-bond donors (Lipinski definition) is 0. The van der Waals surface area contributed by atoms with E-state index >= 15 is 0 Å². The molecule has 0 bridgehead atoms. The molecule has 1 heteroatoms. The third-order valence-electron chi connectivity index (χ3n) is 1.59. The van der Waals surface area contributed by atoms with Crippen LogP contribution in [-0.4, -0.2) is 0 Å². The van der Waals surface area contributed by atoms with Gasteiger partial charge in [0.05, 0.1) is 0 Å². The molecule has 0 aliphatic carbocycles. The minimum Gasteiger partial charge on any atom is -0.0982 e. The molecule has 0 saturated heterocycles. The molecule has 0 N–H and O–H groups in total. The monoisotopic (exact) mass is 270 g/mol. The third-order valence-corrected chi connectivity index (χ3v) is 2.26. The van der Waals surface area contributed by atoms with Crippen molar-refractivity contribution in [1.82, 2.24) is 0 Å². The SMILES string of the molecule is CCC#Cc1ccc(I)cc1C. The largest absolute Gasteiger partial charge is 0.0982 e. The first kappa shape index (κ1) is 9.60. The van der Waals surface area contributed by atoms with Gasteiger partial charge in [-0.15, -0.1) is 0 Å². The van der Waals surface area contributed by atoms with E-state index in [1.165, 1.54) is 9.13 Å². The minimum atomic E-state index is 0.922. The van der Waals surface area contributed by atoms with Crippen LogP contribution in [0.5, 0.6) is 0 Å². The van der Waals surface area contributed by atoms with Crippen molar-refractivity contribution < 1.29 is 0 Å². The molecule has 0 fully saturated rings. The average Bonchev–Trinajstić information content (AvgIpc) is 2.03. The molecule has 0 spiro atoms. The summed E-state index contributed by atoms with van der Waals surface area (Å²) < 4.78 is 1.27. The topological polar surface area (TPSA) is 0 Å². The average molecular weight is 270 g/mol. The molecular formula is C11H11I. The quantitative estimate of drug-likeness (QED) is 0.501. The van der Waals surface area contributed by atoms with Crippen molar-refractivity contribution in [2.24, 2.45) is 0 Å². The smallest absolute Gasteiger partial charge is 0.0275 e. The summed E-state index contributed by atoms with van der Waals surface area (Å²) in [4.78, 5) is 0. The highest BCUT2D eigenvalue weighted by atomic mass is 127. The van der Waals surface area contributed by atoms with Crippen LogP contribution in [0.2, 0.25) is 0 Å². The van der Waals surface area contributed by atoms with Crippen molar-refractivity contribution in [3.63, 3.8) is 0 Å². The predicted octanol–water partition coefficient (Wildman–Crippen LogP) is 3.36. The Hall–Kier alpha value is -0.490. The van der Waals surface area contributed by atoms with Gasteiger partial charge in [0.25, 0.3) is 0 Å². The molecule has 0 radical (unpaired) electrons. The first-order valence-electron chi connectivity index (χ1n) is 3.99. The van der Waals surface area contributed by atoms with Crippen LogP contribution in [0.3, 0.4) is 0 Å². The molecule has 0 aliphatic heterocycles. The predicted molar refractivity (Wildman–Crippen MR) is 61.1 cm³/mol. The highest BCUT2D eigenvalue weighted by molar-refractivity contribution is 14.1. The van der Waals surface area contributed by atoms with Crippen LogP contribution in [-0.2, 0) is 0 Å². The summed E-state index contributed by atoms with van der Waals surface area (Å²) in [5, 5.41) is 0. The Kier molecular flexibility index (Phi) is 3.61. The van der Waals surface area contributed by atoms with E-state index < -0.39 is 0 Å². The lowest BCUT2D eigenvalue weighted by molar-refractivity contribution is 1.28. The Morgan fingerprint density at radius 3 is 2.75 bits per heavy atom. The molecule has 0 nitrogen and oxygen atoms in total. The van der Waals surface area contributed by atoms with Crippen molar-refractivity contribution in [3.05, 3.63) is 32.9 Å². The lowest BCUT2D eigenvalue weighted by atomic mass is 10.1. The Balaban J connectivity index is 3.01. The van der Waals surface area contributed by atoms with Gasteiger partial charge in [-0.25, -0.2) is 0 Å². The standard InChI is InChI=1S/C11H11I/c1-3-4-5-10-6-7-11(12)8-9(10)2/h6-8H,3H2,1-2H3. The Morgan fingerprint density at radius 2 is 2.17 bits per heavy atom. The van der Waals surface area contributed by atoms with Gasteiger partial charge in [0.2, 0.25) is 0 Å². The summed E-state index contributed by atoms with van der Waals surface area (Å²) in [6.07, 6.45) is 0.922. The molecule has 0 atom stereocenters. The van der Waals surface area contributed by atoms with Crippen LogP contribution in [0.15, 0.2) is 18.2 Å². The molecule has 0 aliphatic rings. The second-order valence-corrected chi connectivity index (χ2v) is 3.86. The van der Waals surface area contributed by atoms with Crippen LogP contribution >= 0.6 is 22.6 Å². The molecule has 12 heavy (non-hydrogen) atoms. The van der Waals surface area contributed by atoms with E-state index in [9.17, 15) is 0 Å². The fraction of sp³-hybridized carbons (Fsp3) is 0.273. The van der Waals surface area contributed by atoms with Gasteiger partial charge in [0.1, 0.15) is 0 Å². The van der Waals surface area contributed by atoms with Crippen LogP contribution < -0.4 is 0 Å². The molecule has 0 aromatic heterocycles. The summed E-state index contributed by atoms with van der Waals surface area (Å²) in [6, 6.07) is 6.33. The molecule has 62 valence electrons. The van der Waals surface area contributed by atoms with Crippen LogP contribution in [0.25, 0.3) is 0 Å². The fourth-order valence-electron chi connectivity index (χ4n) is 0.951. The van der Waals surface area contributed by atoms with Crippen molar-refractivity contribution in [2.75, 3.05) is 0 Å². The second kappa shape index (κ2) is 4.51. The van der Waals surface area contributed by atoms with E-state index in [4.69, 9.17) is 0 Å². The maximum absolute atomic E-state index is 3.14. The zero-order valence-electron chi connectivity index (χ0n) is 7.32. The lowest BCUT2D eigenvalue weighted by Crippen LogP contribution is -1.82. The molecular weight excluding hydrogens is 259 g/mol. The van der Waals surface area contributed by atoms with Gasteiger partial charge in [-0.1, -0.05) is 18.8 Å². The number of hydrogen-bond acceptors (Lipinski definition) is 0. The van der Waals surface area contributed by atoms with E-state index in [0.29, 0.717) is 0 Å². The molecule has 1 aromatic rings. The van der Waals surface area contributed by atoms with Crippen molar-refractivity contribution in [2.45, 2.75) is 20.3 Å². The normalized spacial score (nSPS) is 8.92. The van der Waals surface area contributed by atoms with Gasteiger partial charge in [-0.05, 0) is 53.3 Å². The maximum atomic E-state index is 3.14. The van der Waals surface area contributed by atoms with Gasteiger partial charge in [0, 0.05) is 15.6 Å². The van der Waals surface area contributed by atoms with Crippen LogP contribution in [0.4, 0.5) is 0 Å². The van der Waals surface area contributed by atoms with E-state index in [1.54, 1.807) is 0 Å². The van der Waals surface area contributed by atoms with Gasteiger partial charge in [-0.2, -0.15) is 0 Å². The van der Waals surface area contributed by atoms with E-state index in [-0.39, 0.29) is 0 Å². The summed E-state index contributed by atoms with van der Waals surface area (Å²) in [5.74, 6) is 6.21. The highest BCUT2D eigenvalue weighted by Crippen LogP contribution is 2.11. The molecule has 1 aromatic carbocycles. The van der Waals surface area contributed by atoms with Gasteiger partial charge in [-0.3, -0.25) is 0 Å². The Bertz CT molecular complexity index is 329. The number of benzene rings is 1. The van der Waals surface area contributed by atoms with Gasteiger partial charge in [0.15, 0.2) is 0 Å². The zero-order valence-corrected chi connectivity index (χ0v) is 9.47. The first-order valence-corrected chi connectivity index (χ1v) is 5.07. The number of rotatable bonds is 0. The zero-order chi connectivity index (χ0) is 8.97. The summed E-state index contributed by atoms with van der Waals surface area (Å²) in [5.41, 5.74) is 2.42. The van der Waals surface area contributed by atoms with Gasteiger partial charge < -0.3 is 0 Å². The van der Waals surface area contributed by atoms with Gasteiger partial charge >= 0.3 is 0 Å². The third kappa shape index (κ3) is 2.53. The van der Waals surface area contributed by atoms with Crippen LogP contribution in [0, 0.1) is 22.3 Å². The van der Waals surface area contributed by atoms with E-state index in [0.717, 1.165) is 12.0 Å². The first-order chi connectivity index (χ1) is 5.74. The second-order valence-electron chi connectivity index (χ2n) is 2.61. The Morgan fingerprint density at radius 1 is 1.42 bits per heavy atom. The van der Waals surface area contributed by atoms with Crippen molar-refractivity contribution >= 4 is 22.6 Å². The Labute approximate surface area is 87.5 Å². The highest BCUT2D eigenvalue weighted by Gasteiger charge is 1.93. The molecule has 1 rings (SSSR count).